The molecule has 0 aliphatic rings. The molecule has 1 aromatic heterocycles. The van der Waals surface area contributed by atoms with Crippen LogP contribution in [0.15, 0.2) is 47.6 Å². The van der Waals surface area contributed by atoms with Crippen LogP contribution in [0.2, 0.25) is 0 Å². The van der Waals surface area contributed by atoms with Crippen molar-refractivity contribution in [2.24, 2.45) is 4.99 Å². The van der Waals surface area contributed by atoms with Gasteiger partial charge in [0.2, 0.25) is 5.88 Å². The lowest BCUT2D eigenvalue weighted by Crippen LogP contribution is -2.37. The highest BCUT2D eigenvalue weighted by Gasteiger charge is 2.08. The van der Waals surface area contributed by atoms with Gasteiger partial charge in [-0.3, -0.25) is 4.99 Å². The molecule has 0 unspecified atom stereocenters. The minimum Gasteiger partial charge on any atom is -0.439 e. The number of hydrogen-bond acceptors (Lipinski definition) is 4. The van der Waals surface area contributed by atoms with E-state index in [9.17, 15) is 4.39 Å². The summed E-state index contributed by atoms with van der Waals surface area (Å²) in [7, 11) is 1.72. The Labute approximate surface area is 189 Å². The Morgan fingerprint density at radius 3 is 2.72 bits per heavy atom. The van der Waals surface area contributed by atoms with Gasteiger partial charge in [-0.2, -0.15) is 0 Å². The third kappa shape index (κ3) is 9.89. The maximum atomic E-state index is 13.4. The minimum absolute atomic E-state index is 0. The van der Waals surface area contributed by atoms with Crippen LogP contribution in [0.1, 0.15) is 31.7 Å². The van der Waals surface area contributed by atoms with E-state index in [1.165, 1.54) is 12.1 Å². The molecule has 0 aliphatic carbocycles. The number of nitrogens with zero attached hydrogens (tertiary/aromatic N) is 2. The van der Waals surface area contributed by atoms with Crippen LogP contribution in [-0.2, 0) is 11.3 Å². The maximum absolute atomic E-state index is 13.4. The average molecular weight is 516 g/mol. The Kier molecular flexibility index (Phi) is 13.0. The lowest BCUT2D eigenvalue weighted by atomic mass is 10.2. The highest BCUT2D eigenvalue weighted by Crippen LogP contribution is 2.23. The Hall–Kier alpha value is -1.94. The molecule has 6 nitrogen and oxygen atoms in total. The number of aromatic nitrogens is 1. The fourth-order valence-corrected chi connectivity index (χ4v) is 2.42. The van der Waals surface area contributed by atoms with Crippen LogP contribution >= 0.6 is 24.0 Å². The van der Waals surface area contributed by atoms with Gasteiger partial charge in [0.25, 0.3) is 0 Å². The largest absolute Gasteiger partial charge is 0.439 e. The molecule has 1 heterocycles. The van der Waals surface area contributed by atoms with Gasteiger partial charge in [0, 0.05) is 51.2 Å². The topological polar surface area (TPSA) is 67.8 Å². The van der Waals surface area contributed by atoms with Gasteiger partial charge in [0.15, 0.2) is 5.96 Å². The normalized spacial score (nSPS) is 10.9. The van der Waals surface area contributed by atoms with Gasteiger partial charge < -0.3 is 20.1 Å². The van der Waals surface area contributed by atoms with Gasteiger partial charge in [-0.25, -0.2) is 9.37 Å². The fraction of sp³-hybridized carbons (Fsp3) is 0.429. The Morgan fingerprint density at radius 2 is 1.97 bits per heavy atom. The number of guanidine groups is 1. The molecule has 0 amide bonds. The van der Waals surface area contributed by atoms with Crippen LogP contribution in [0.25, 0.3) is 0 Å². The maximum Gasteiger partial charge on any atom is 0.224 e. The number of nitrogens with one attached hydrogen (secondary N) is 2. The summed E-state index contributed by atoms with van der Waals surface area (Å²) in [5, 5.41) is 6.49. The van der Waals surface area contributed by atoms with E-state index in [0.717, 1.165) is 44.6 Å². The molecule has 2 aromatic rings. The minimum atomic E-state index is -0.351. The van der Waals surface area contributed by atoms with Crippen molar-refractivity contribution in [2.75, 3.05) is 26.8 Å². The van der Waals surface area contributed by atoms with Gasteiger partial charge in [0.05, 0.1) is 0 Å². The zero-order valence-electron chi connectivity index (χ0n) is 17.0. The third-order valence-corrected chi connectivity index (χ3v) is 3.93. The first-order valence-electron chi connectivity index (χ1n) is 9.62. The summed E-state index contributed by atoms with van der Waals surface area (Å²) in [6.07, 6.45) is 4.80. The second-order valence-corrected chi connectivity index (χ2v) is 6.20. The summed E-state index contributed by atoms with van der Waals surface area (Å²) in [6, 6.07) is 9.73. The molecule has 0 saturated carbocycles. The Balaban J connectivity index is 0.00000420. The summed E-state index contributed by atoms with van der Waals surface area (Å²) in [5.74, 6) is 1.18. The van der Waals surface area contributed by atoms with Crippen molar-refractivity contribution < 1.29 is 13.9 Å². The molecule has 2 rings (SSSR count). The SMILES string of the molecule is CCCCOCCCNC(=NC)NCc1cccnc1Oc1cccc(F)c1.I. The molecule has 2 N–H and O–H groups in total. The zero-order valence-corrected chi connectivity index (χ0v) is 19.3. The van der Waals surface area contributed by atoms with Crippen LogP contribution in [-0.4, -0.2) is 37.7 Å². The van der Waals surface area contributed by atoms with E-state index in [4.69, 9.17) is 9.47 Å². The lowest BCUT2D eigenvalue weighted by molar-refractivity contribution is 0.129. The van der Waals surface area contributed by atoms with E-state index in [2.05, 4.69) is 27.5 Å². The van der Waals surface area contributed by atoms with Crippen LogP contribution in [0.5, 0.6) is 11.6 Å². The van der Waals surface area contributed by atoms with E-state index in [1.807, 2.05) is 12.1 Å². The lowest BCUT2D eigenvalue weighted by Gasteiger charge is -2.14. The number of benzene rings is 1. The van der Waals surface area contributed by atoms with Crippen molar-refractivity contribution >= 4 is 29.9 Å². The Morgan fingerprint density at radius 1 is 1.14 bits per heavy atom. The predicted molar refractivity (Wildman–Crippen MR) is 125 cm³/mol. The molecular formula is C21H30FIN4O2. The molecule has 0 atom stereocenters. The predicted octanol–water partition coefficient (Wildman–Crippen LogP) is 4.50. The number of hydrogen-bond donors (Lipinski definition) is 2. The van der Waals surface area contributed by atoms with Crippen molar-refractivity contribution in [2.45, 2.75) is 32.7 Å². The molecule has 0 spiro atoms. The molecule has 1 aromatic carbocycles. The van der Waals surface area contributed by atoms with Gasteiger partial charge in [-0.05, 0) is 31.0 Å². The smallest absolute Gasteiger partial charge is 0.224 e. The van der Waals surface area contributed by atoms with Crippen molar-refractivity contribution in [3.8, 4) is 11.6 Å². The summed E-state index contributed by atoms with van der Waals surface area (Å²) in [6.45, 7) is 4.95. The molecule has 0 saturated heterocycles. The number of ether oxygens (including phenoxy) is 2. The number of aliphatic imine (C=N–C) groups is 1. The summed E-state index contributed by atoms with van der Waals surface area (Å²) in [4.78, 5) is 8.48. The highest BCUT2D eigenvalue weighted by molar-refractivity contribution is 14.0. The van der Waals surface area contributed by atoms with Gasteiger partial charge >= 0.3 is 0 Å². The van der Waals surface area contributed by atoms with Crippen LogP contribution < -0.4 is 15.4 Å². The first kappa shape index (κ1) is 25.1. The number of unbranched alkanes of at least 4 members (excludes halogenated alkanes) is 1. The molecule has 29 heavy (non-hydrogen) atoms. The average Bonchev–Trinajstić information content (AvgIpc) is 2.70. The third-order valence-electron chi connectivity index (χ3n) is 3.93. The van der Waals surface area contributed by atoms with E-state index in [1.54, 1.807) is 25.4 Å². The quantitative estimate of drug-likeness (QED) is 0.199. The number of rotatable bonds is 11. The van der Waals surface area contributed by atoms with Crippen LogP contribution in [0.4, 0.5) is 4.39 Å². The van der Waals surface area contributed by atoms with E-state index in [0.29, 0.717) is 24.1 Å². The molecule has 0 fully saturated rings. The van der Waals surface area contributed by atoms with Gasteiger partial charge in [0.1, 0.15) is 11.6 Å². The second kappa shape index (κ2) is 15.0. The van der Waals surface area contributed by atoms with Crippen molar-refractivity contribution in [1.82, 2.24) is 15.6 Å². The van der Waals surface area contributed by atoms with E-state index in [-0.39, 0.29) is 29.8 Å². The molecule has 0 radical (unpaired) electrons. The first-order valence-corrected chi connectivity index (χ1v) is 9.62. The molecule has 160 valence electrons. The van der Waals surface area contributed by atoms with Gasteiger partial charge in [-0.15, -0.1) is 24.0 Å². The van der Waals surface area contributed by atoms with Crippen molar-refractivity contribution in [1.29, 1.82) is 0 Å². The summed E-state index contributed by atoms with van der Waals surface area (Å²) < 4.78 is 24.6. The standard InChI is InChI=1S/C21H29FN4O2.HI/c1-3-4-13-27-14-7-12-25-21(23-2)26-16-17-8-6-11-24-20(17)28-19-10-5-9-18(22)15-19;/h5-6,8-11,15H,3-4,7,12-14,16H2,1-2H3,(H2,23,25,26);1H. The molecule has 0 aliphatic heterocycles. The van der Waals surface area contributed by atoms with E-state index >= 15 is 0 Å². The molecule has 0 bridgehead atoms. The van der Waals surface area contributed by atoms with Crippen molar-refractivity contribution in [3.63, 3.8) is 0 Å². The van der Waals surface area contributed by atoms with Crippen LogP contribution in [0, 0.1) is 5.82 Å². The van der Waals surface area contributed by atoms with E-state index < -0.39 is 0 Å². The van der Waals surface area contributed by atoms with Crippen molar-refractivity contribution in [3.05, 3.63) is 54.0 Å². The summed E-state index contributed by atoms with van der Waals surface area (Å²) in [5.41, 5.74) is 0.845. The highest BCUT2D eigenvalue weighted by atomic mass is 127. The second-order valence-electron chi connectivity index (χ2n) is 6.20. The zero-order chi connectivity index (χ0) is 20.0. The molecular weight excluding hydrogens is 486 g/mol. The monoisotopic (exact) mass is 516 g/mol. The molecule has 8 heteroatoms. The number of pyridine rings is 1. The first-order chi connectivity index (χ1) is 13.7. The summed E-state index contributed by atoms with van der Waals surface area (Å²) >= 11 is 0. The number of halogens is 2. The fourth-order valence-electron chi connectivity index (χ4n) is 2.42. The van der Waals surface area contributed by atoms with Gasteiger partial charge in [-0.1, -0.05) is 25.5 Å². The Bertz CT molecular complexity index is 746. The van der Waals surface area contributed by atoms with Crippen LogP contribution in [0.3, 0.4) is 0 Å².